The molecule has 132 valence electrons. The largest absolute Gasteiger partial charge is 0.489 e. The van der Waals surface area contributed by atoms with Gasteiger partial charge in [0.2, 0.25) is 0 Å². The summed E-state index contributed by atoms with van der Waals surface area (Å²) < 4.78 is 11.3. The molecule has 1 aromatic carbocycles. The Morgan fingerprint density at radius 2 is 2.08 bits per heavy atom. The average Bonchev–Trinajstić information content (AvgIpc) is 2.62. The highest BCUT2D eigenvalue weighted by Gasteiger charge is 2.27. The number of amides is 1. The van der Waals surface area contributed by atoms with E-state index in [0.717, 1.165) is 0 Å². The number of carbonyl (C=O) groups is 1. The van der Waals surface area contributed by atoms with Gasteiger partial charge in [0, 0.05) is 23.8 Å². The molecule has 0 N–H and O–H groups in total. The van der Waals surface area contributed by atoms with Gasteiger partial charge in [-0.2, -0.15) is 0 Å². The molecule has 1 unspecified atom stereocenters. The van der Waals surface area contributed by atoms with E-state index >= 15 is 0 Å². The second-order valence-electron chi connectivity index (χ2n) is 5.52. The minimum absolute atomic E-state index is 0.176. The summed E-state index contributed by atoms with van der Waals surface area (Å²) in [5.41, 5.74) is 0.384. The molecule has 0 aliphatic carbocycles. The number of rotatable bonds is 4. The molecule has 5 nitrogen and oxygen atoms in total. The summed E-state index contributed by atoms with van der Waals surface area (Å²) in [6, 6.07) is 6.51. The smallest absolute Gasteiger partial charge is 0.255 e. The SMILES string of the molecule is O=C(c1cc(Cl)ccc1Cl)N1CCOC(COc2cncc(Cl)c2)C1. The predicted molar refractivity (Wildman–Crippen MR) is 96.8 cm³/mol. The Morgan fingerprint density at radius 3 is 2.88 bits per heavy atom. The standard InChI is InChI=1S/C17H15Cl3N2O3/c18-11-1-2-16(20)15(6-11)17(23)22-3-4-24-14(9-22)10-25-13-5-12(19)7-21-8-13/h1-2,5-8,14H,3-4,9-10H2. The molecule has 1 amide bonds. The number of nitrogens with zero attached hydrogens (tertiary/aromatic N) is 2. The zero-order chi connectivity index (χ0) is 17.8. The molecule has 2 heterocycles. The third kappa shape index (κ3) is 4.76. The highest BCUT2D eigenvalue weighted by atomic mass is 35.5. The van der Waals surface area contributed by atoms with Gasteiger partial charge in [-0.3, -0.25) is 9.78 Å². The van der Waals surface area contributed by atoms with Crippen molar-refractivity contribution in [1.82, 2.24) is 9.88 Å². The molecule has 8 heteroatoms. The molecule has 0 saturated carbocycles. The normalized spacial score (nSPS) is 17.4. The van der Waals surface area contributed by atoms with Crippen LogP contribution < -0.4 is 4.74 Å². The lowest BCUT2D eigenvalue weighted by Crippen LogP contribution is -2.47. The molecule has 1 fully saturated rings. The average molecular weight is 402 g/mol. The molecule has 1 aromatic heterocycles. The van der Waals surface area contributed by atoms with Crippen LogP contribution in [-0.2, 0) is 4.74 Å². The number of benzene rings is 1. The molecule has 1 saturated heterocycles. The van der Waals surface area contributed by atoms with Crippen LogP contribution >= 0.6 is 34.8 Å². The first-order valence-corrected chi connectivity index (χ1v) is 8.75. The quantitative estimate of drug-likeness (QED) is 0.778. The molecule has 0 spiro atoms. The van der Waals surface area contributed by atoms with Crippen LogP contribution in [0.3, 0.4) is 0 Å². The van der Waals surface area contributed by atoms with Gasteiger partial charge in [-0.25, -0.2) is 0 Å². The fourth-order valence-corrected chi connectivity index (χ4v) is 3.03. The number of pyridine rings is 1. The van der Waals surface area contributed by atoms with Crippen molar-refractivity contribution >= 4 is 40.7 Å². The zero-order valence-corrected chi connectivity index (χ0v) is 15.4. The number of aromatic nitrogens is 1. The molecule has 2 aromatic rings. The van der Waals surface area contributed by atoms with Crippen LogP contribution in [0.25, 0.3) is 0 Å². The van der Waals surface area contributed by atoms with Crippen molar-refractivity contribution in [1.29, 1.82) is 0 Å². The van der Waals surface area contributed by atoms with Crippen LogP contribution in [0.4, 0.5) is 0 Å². The first-order chi connectivity index (χ1) is 12.0. The van der Waals surface area contributed by atoms with E-state index in [0.29, 0.717) is 46.1 Å². The van der Waals surface area contributed by atoms with E-state index in [-0.39, 0.29) is 18.6 Å². The minimum atomic E-state index is -0.255. The first-order valence-electron chi connectivity index (χ1n) is 7.62. The van der Waals surface area contributed by atoms with Crippen molar-refractivity contribution in [3.8, 4) is 5.75 Å². The van der Waals surface area contributed by atoms with Gasteiger partial charge in [0.15, 0.2) is 0 Å². The fraction of sp³-hybridized carbons (Fsp3) is 0.294. The van der Waals surface area contributed by atoms with E-state index in [1.165, 1.54) is 6.20 Å². The summed E-state index contributed by atoms with van der Waals surface area (Å²) in [6.45, 7) is 1.59. The maximum absolute atomic E-state index is 12.7. The number of hydrogen-bond donors (Lipinski definition) is 0. The Bertz CT molecular complexity index is 773. The minimum Gasteiger partial charge on any atom is -0.489 e. The van der Waals surface area contributed by atoms with E-state index < -0.39 is 0 Å². The van der Waals surface area contributed by atoms with Crippen molar-refractivity contribution in [2.45, 2.75) is 6.10 Å². The lowest BCUT2D eigenvalue weighted by Gasteiger charge is -2.33. The number of hydrogen-bond acceptors (Lipinski definition) is 4. The Balaban J connectivity index is 1.62. The highest BCUT2D eigenvalue weighted by Crippen LogP contribution is 2.23. The highest BCUT2D eigenvalue weighted by molar-refractivity contribution is 6.35. The molecular formula is C17H15Cl3N2O3. The lowest BCUT2D eigenvalue weighted by molar-refractivity contribution is -0.0401. The van der Waals surface area contributed by atoms with Crippen molar-refractivity contribution in [3.05, 3.63) is 57.3 Å². The van der Waals surface area contributed by atoms with Gasteiger partial charge in [-0.15, -0.1) is 0 Å². The van der Waals surface area contributed by atoms with Gasteiger partial charge < -0.3 is 14.4 Å². The number of halogens is 3. The molecule has 25 heavy (non-hydrogen) atoms. The third-order valence-corrected chi connectivity index (χ3v) is 4.47. The molecule has 1 atom stereocenters. The first kappa shape index (κ1) is 18.3. The summed E-state index contributed by atoms with van der Waals surface area (Å²) in [6.07, 6.45) is 2.85. The van der Waals surface area contributed by atoms with Crippen LogP contribution in [0, 0.1) is 0 Å². The van der Waals surface area contributed by atoms with E-state index in [1.807, 2.05) is 0 Å². The maximum Gasteiger partial charge on any atom is 0.255 e. The number of carbonyl (C=O) groups excluding carboxylic acids is 1. The summed E-state index contributed by atoms with van der Waals surface area (Å²) in [4.78, 5) is 18.3. The Kier molecular flexibility index (Phi) is 6.02. The zero-order valence-electron chi connectivity index (χ0n) is 13.1. The molecule has 0 radical (unpaired) electrons. The van der Waals surface area contributed by atoms with E-state index in [4.69, 9.17) is 44.3 Å². The predicted octanol–water partition coefficient (Wildman–Crippen LogP) is 3.96. The van der Waals surface area contributed by atoms with Crippen molar-refractivity contribution < 1.29 is 14.3 Å². The Morgan fingerprint density at radius 1 is 1.24 bits per heavy atom. The van der Waals surface area contributed by atoms with E-state index in [9.17, 15) is 4.79 Å². The summed E-state index contributed by atoms with van der Waals surface area (Å²) in [5, 5.41) is 1.34. The topological polar surface area (TPSA) is 51.7 Å². The summed E-state index contributed by atoms with van der Waals surface area (Å²) in [7, 11) is 0. The second-order valence-corrected chi connectivity index (χ2v) is 6.80. The third-order valence-electron chi connectivity index (χ3n) is 3.70. The molecular weight excluding hydrogens is 387 g/mol. The fourth-order valence-electron chi connectivity index (χ4n) is 2.50. The van der Waals surface area contributed by atoms with E-state index in [1.54, 1.807) is 35.4 Å². The van der Waals surface area contributed by atoms with Crippen LogP contribution in [0.15, 0.2) is 36.7 Å². The lowest BCUT2D eigenvalue weighted by atomic mass is 10.1. The number of ether oxygens (including phenoxy) is 2. The van der Waals surface area contributed by atoms with Gasteiger partial charge in [0.1, 0.15) is 18.5 Å². The summed E-state index contributed by atoms with van der Waals surface area (Å²) >= 11 is 18.0. The van der Waals surface area contributed by atoms with Gasteiger partial charge in [-0.1, -0.05) is 34.8 Å². The van der Waals surface area contributed by atoms with Crippen LogP contribution in [0.1, 0.15) is 10.4 Å². The second kappa shape index (κ2) is 8.23. The summed E-state index contributed by atoms with van der Waals surface area (Å²) in [5.74, 6) is 0.377. The van der Waals surface area contributed by atoms with Crippen LogP contribution in [-0.4, -0.2) is 48.2 Å². The van der Waals surface area contributed by atoms with Crippen LogP contribution in [0.2, 0.25) is 15.1 Å². The molecule has 1 aliphatic heterocycles. The molecule has 3 rings (SSSR count). The van der Waals surface area contributed by atoms with Gasteiger partial charge in [-0.05, 0) is 18.2 Å². The molecule has 1 aliphatic rings. The van der Waals surface area contributed by atoms with Crippen molar-refractivity contribution in [2.75, 3.05) is 26.3 Å². The monoisotopic (exact) mass is 400 g/mol. The van der Waals surface area contributed by atoms with Crippen molar-refractivity contribution in [2.24, 2.45) is 0 Å². The van der Waals surface area contributed by atoms with Gasteiger partial charge in [0.25, 0.3) is 5.91 Å². The van der Waals surface area contributed by atoms with Gasteiger partial charge >= 0.3 is 0 Å². The Labute approximate surface area is 160 Å². The van der Waals surface area contributed by atoms with Crippen LogP contribution in [0.5, 0.6) is 5.75 Å². The number of morpholine rings is 1. The van der Waals surface area contributed by atoms with Gasteiger partial charge in [0.05, 0.1) is 35.0 Å². The molecule has 0 bridgehead atoms. The maximum atomic E-state index is 12.7. The Hall–Kier alpha value is -1.53. The van der Waals surface area contributed by atoms with E-state index in [2.05, 4.69) is 4.98 Å². The van der Waals surface area contributed by atoms with Crippen molar-refractivity contribution in [3.63, 3.8) is 0 Å².